The van der Waals surface area contributed by atoms with E-state index in [2.05, 4.69) is 10.0 Å². The maximum Gasteiger partial charge on any atom is 0.326 e. The summed E-state index contributed by atoms with van der Waals surface area (Å²) >= 11 is 0.921. The molecular formula is C24H33N3O7S2. The van der Waals surface area contributed by atoms with E-state index in [9.17, 15) is 32.7 Å². The van der Waals surface area contributed by atoms with Gasteiger partial charge >= 0.3 is 5.97 Å². The van der Waals surface area contributed by atoms with E-state index in [1.807, 2.05) is 13.8 Å². The highest BCUT2D eigenvalue weighted by Gasteiger charge is 2.45. The summed E-state index contributed by atoms with van der Waals surface area (Å²) < 4.78 is 26.0. The molecule has 1 aromatic carbocycles. The third kappa shape index (κ3) is 6.39. The van der Waals surface area contributed by atoms with Crippen molar-refractivity contribution in [2.75, 3.05) is 11.0 Å². The highest BCUT2D eigenvalue weighted by Crippen LogP contribution is 2.40. The average Bonchev–Trinajstić information content (AvgIpc) is 2.90. The number of carboxylic acids is 1. The number of carboxylic acid groups (broad SMARTS) is 1. The van der Waals surface area contributed by atoms with Crippen LogP contribution in [-0.2, 0) is 35.6 Å². The Kier molecular flexibility index (Phi) is 8.71. The molecule has 5 atom stereocenters. The molecule has 0 bridgehead atoms. The maximum atomic E-state index is 13.8. The van der Waals surface area contributed by atoms with E-state index in [1.165, 1.54) is 11.8 Å². The van der Waals surface area contributed by atoms with Gasteiger partial charge in [0.15, 0.2) is 5.12 Å². The third-order valence-corrected chi connectivity index (χ3v) is 8.60. The van der Waals surface area contributed by atoms with Crippen LogP contribution in [-0.4, -0.2) is 64.9 Å². The predicted molar refractivity (Wildman–Crippen MR) is 137 cm³/mol. The molecule has 0 aliphatic carbocycles. The smallest absolute Gasteiger partial charge is 0.326 e. The van der Waals surface area contributed by atoms with Crippen molar-refractivity contribution >= 4 is 50.4 Å². The monoisotopic (exact) mass is 539 g/mol. The second kappa shape index (κ2) is 11.2. The Balaban J connectivity index is 2.03. The van der Waals surface area contributed by atoms with Crippen LogP contribution in [0.25, 0.3) is 0 Å². The topological polar surface area (TPSA) is 150 Å². The first-order valence-corrected chi connectivity index (χ1v) is 14.7. The van der Waals surface area contributed by atoms with Crippen LogP contribution in [0.4, 0.5) is 5.69 Å². The molecule has 3 N–H and O–H groups in total. The van der Waals surface area contributed by atoms with Crippen molar-refractivity contribution in [3.05, 3.63) is 29.3 Å². The van der Waals surface area contributed by atoms with Crippen LogP contribution in [0.1, 0.15) is 63.6 Å². The fourth-order valence-corrected chi connectivity index (χ4v) is 6.41. The molecule has 2 heterocycles. The molecule has 0 saturated carbocycles. The summed E-state index contributed by atoms with van der Waals surface area (Å²) in [7, 11) is -3.55. The first-order valence-electron chi connectivity index (χ1n) is 12.0. The van der Waals surface area contributed by atoms with E-state index < -0.39 is 51.2 Å². The van der Waals surface area contributed by atoms with Crippen LogP contribution >= 0.6 is 11.8 Å². The molecule has 198 valence electrons. The zero-order valence-corrected chi connectivity index (χ0v) is 22.4. The minimum Gasteiger partial charge on any atom is -0.480 e. The number of anilines is 1. The maximum absolute atomic E-state index is 13.8. The molecule has 36 heavy (non-hydrogen) atoms. The number of nitrogens with one attached hydrogen (secondary N) is 2. The Morgan fingerprint density at radius 1 is 1.25 bits per heavy atom. The number of carbonyl (C=O) groups is 4. The molecule has 0 aromatic heterocycles. The highest BCUT2D eigenvalue weighted by molar-refractivity contribution is 8.14. The summed E-state index contributed by atoms with van der Waals surface area (Å²) in [6, 6.07) is 2.29. The van der Waals surface area contributed by atoms with Crippen LogP contribution in [0.3, 0.4) is 0 Å². The molecule has 2 aliphatic heterocycles. The summed E-state index contributed by atoms with van der Waals surface area (Å²) in [4.78, 5) is 52.2. The second-order valence-corrected chi connectivity index (χ2v) is 12.6. The molecule has 3 rings (SSSR count). The fraction of sp³-hybridized carbons (Fsp3) is 0.583. The van der Waals surface area contributed by atoms with Crippen molar-refractivity contribution in [2.45, 2.75) is 76.3 Å². The predicted octanol–water partition coefficient (Wildman–Crippen LogP) is 2.30. The van der Waals surface area contributed by atoms with Crippen LogP contribution in [0.2, 0.25) is 0 Å². The fourth-order valence-electron chi connectivity index (χ4n) is 4.90. The SMILES string of the molecule is CC[C@H](C)[C@H](SC(C)=O)C(=O)N[C@H]1Cc2ccc(NS(C)(=O)=O)cc2[C@H]2CCC[C@@H](C(=O)O)N2C1=O. The van der Waals surface area contributed by atoms with E-state index in [0.29, 0.717) is 30.5 Å². The van der Waals surface area contributed by atoms with E-state index in [1.54, 1.807) is 18.2 Å². The molecule has 0 unspecified atom stereocenters. The summed E-state index contributed by atoms with van der Waals surface area (Å²) in [6.07, 6.45) is 3.19. The number of hydrogen-bond donors (Lipinski definition) is 3. The molecule has 12 heteroatoms. The minimum atomic E-state index is -3.55. The van der Waals surface area contributed by atoms with Crippen molar-refractivity contribution in [2.24, 2.45) is 5.92 Å². The zero-order valence-electron chi connectivity index (χ0n) is 20.8. The normalized spacial score (nSPS) is 23.5. The third-order valence-electron chi connectivity index (χ3n) is 6.73. The van der Waals surface area contributed by atoms with E-state index in [-0.39, 0.29) is 23.9 Å². The van der Waals surface area contributed by atoms with E-state index in [0.717, 1.165) is 23.6 Å². The standard InChI is InChI=1S/C24H33N3O7S2/c1-5-13(2)21(35-14(3)28)22(29)25-18-11-15-9-10-16(26-36(4,33)34)12-17(15)19-7-6-8-20(24(31)32)27(19)23(18)30/h9-10,12-13,18-21,26H,5-8,11H2,1-4H3,(H,25,29)(H,31,32)/t13-,18-,19+,20-,21-/m0/s1. The number of piperidine rings is 1. The Bertz CT molecular complexity index is 1150. The van der Waals surface area contributed by atoms with Gasteiger partial charge in [-0.3, -0.25) is 19.1 Å². The Morgan fingerprint density at radius 3 is 2.53 bits per heavy atom. The first-order chi connectivity index (χ1) is 16.8. The zero-order chi connectivity index (χ0) is 26.8. The van der Waals surface area contributed by atoms with Gasteiger partial charge in [0.1, 0.15) is 12.1 Å². The Labute approximate surface area is 215 Å². The van der Waals surface area contributed by atoms with Crippen LogP contribution in [0.5, 0.6) is 0 Å². The van der Waals surface area contributed by atoms with E-state index in [4.69, 9.17) is 0 Å². The Morgan fingerprint density at radius 2 is 1.94 bits per heavy atom. The molecule has 0 radical (unpaired) electrons. The number of sulfonamides is 1. The molecule has 1 aromatic rings. The van der Waals surface area contributed by atoms with Crippen molar-refractivity contribution < 1.29 is 32.7 Å². The summed E-state index contributed by atoms with van der Waals surface area (Å²) in [5.74, 6) is -2.19. The number of fused-ring (bicyclic) bond motifs is 3. The number of aliphatic carboxylic acids is 1. The summed E-state index contributed by atoms with van der Waals surface area (Å²) in [6.45, 7) is 5.16. The molecule has 1 saturated heterocycles. The largest absolute Gasteiger partial charge is 0.480 e. The lowest BCUT2D eigenvalue weighted by Gasteiger charge is -2.40. The molecular weight excluding hydrogens is 506 g/mol. The van der Waals surface area contributed by atoms with Gasteiger partial charge in [-0.25, -0.2) is 13.2 Å². The highest BCUT2D eigenvalue weighted by atomic mass is 32.2. The van der Waals surface area contributed by atoms with Crippen molar-refractivity contribution in [1.82, 2.24) is 10.2 Å². The number of amides is 2. The number of hydrogen-bond acceptors (Lipinski definition) is 7. The molecule has 10 nitrogen and oxygen atoms in total. The summed E-state index contributed by atoms with van der Waals surface area (Å²) in [5.41, 5.74) is 1.71. The van der Waals surface area contributed by atoms with Gasteiger partial charge in [0.25, 0.3) is 0 Å². The van der Waals surface area contributed by atoms with Crippen LogP contribution in [0.15, 0.2) is 18.2 Å². The van der Waals surface area contributed by atoms with Crippen molar-refractivity contribution in [1.29, 1.82) is 0 Å². The van der Waals surface area contributed by atoms with Crippen LogP contribution in [0, 0.1) is 5.92 Å². The Hall–Kier alpha value is -2.60. The molecule has 2 aliphatic rings. The first kappa shape index (κ1) is 28.0. The minimum absolute atomic E-state index is 0.119. The molecule has 0 spiro atoms. The lowest BCUT2D eigenvalue weighted by atomic mass is 9.89. The van der Waals surface area contributed by atoms with Gasteiger partial charge < -0.3 is 15.3 Å². The van der Waals surface area contributed by atoms with Crippen LogP contribution < -0.4 is 10.0 Å². The number of nitrogens with zero attached hydrogens (tertiary/aromatic N) is 1. The summed E-state index contributed by atoms with van der Waals surface area (Å²) in [5, 5.41) is 11.8. The van der Waals surface area contributed by atoms with E-state index >= 15 is 0 Å². The van der Waals surface area contributed by atoms with Gasteiger partial charge in [0.2, 0.25) is 21.8 Å². The van der Waals surface area contributed by atoms with Gasteiger partial charge in [-0.2, -0.15) is 0 Å². The van der Waals surface area contributed by atoms with Gasteiger partial charge in [-0.05, 0) is 48.4 Å². The second-order valence-electron chi connectivity index (χ2n) is 9.51. The average molecular weight is 540 g/mol. The van der Waals surface area contributed by atoms with Gasteiger partial charge in [0.05, 0.1) is 17.5 Å². The number of benzene rings is 1. The lowest BCUT2D eigenvalue weighted by molar-refractivity contribution is -0.156. The van der Waals surface area contributed by atoms with Crippen molar-refractivity contribution in [3.8, 4) is 0 Å². The number of thioether (sulfide) groups is 1. The van der Waals surface area contributed by atoms with Gasteiger partial charge in [-0.1, -0.05) is 38.1 Å². The number of rotatable bonds is 8. The molecule has 2 amide bonds. The quantitative estimate of drug-likeness (QED) is 0.455. The number of carbonyl (C=O) groups excluding carboxylic acids is 3. The van der Waals surface area contributed by atoms with Gasteiger partial charge in [-0.15, -0.1) is 0 Å². The lowest BCUT2D eigenvalue weighted by Crippen LogP contribution is -2.56. The van der Waals surface area contributed by atoms with Crippen molar-refractivity contribution in [3.63, 3.8) is 0 Å². The van der Waals surface area contributed by atoms with Gasteiger partial charge in [0, 0.05) is 19.0 Å². The molecule has 1 fully saturated rings.